The maximum atomic E-state index is 12.6. The normalized spacial score (nSPS) is 37.9. The lowest BCUT2D eigenvalue weighted by atomic mass is 9.51. The van der Waals surface area contributed by atoms with Gasteiger partial charge in [0, 0.05) is 6.92 Å². The second kappa shape index (κ2) is 5.63. The van der Waals surface area contributed by atoms with Gasteiger partial charge in [0.15, 0.2) is 6.10 Å². The number of hydrogen-bond donors (Lipinski definition) is 2. The van der Waals surface area contributed by atoms with Crippen molar-refractivity contribution in [3.63, 3.8) is 0 Å². The van der Waals surface area contributed by atoms with E-state index in [2.05, 4.69) is 6.58 Å². The van der Waals surface area contributed by atoms with Crippen molar-refractivity contribution < 1.29 is 24.5 Å². The van der Waals surface area contributed by atoms with Crippen LogP contribution in [0.2, 0.25) is 0 Å². The molecule has 2 rings (SSSR count). The first-order chi connectivity index (χ1) is 10.1. The van der Waals surface area contributed by atoms with Gasteiger partial charge in [-0.05, 0) is 47.8 Å². The molecule has 22 heavy (non-hydrogen) atoms. The van der Waals surface area contributed by atoms with Crippen molar-refractivity contribution in [3.8, 4) is 0 Å². The van der Waals surface area contributed by atoms with Gasteiger partial charge in [-0.2, -0.15) is 0 Å². The molecular formula is C17H24O5. The quantitative estimate of drug-likeness (QED) is 0.434. The van der Waals surface area contributed by atoms with Gasteiger partial charge < -0.3 is 14.9 Å². The third-order valence-corrected chi connectivity index (χ3v) is 4.97. The van der Waals surface area contributed by atoms with Crippen LogP contribution >= 0.6 is 0 Å². The van der Waals surface area contributed by atoms with Crippen LogP contribution in [-0.4, -0.2) is 40.3 Å². The van der Waals surface area contributed by atoms with Crippen LogP contribution in [0.25, 0.3) is 0 Å². The van der Waals surface area contributed by atoms with Gasteiger partial charge in [-0.25, -0.2) is 0 Å². The Labute approximate surface area is 130 Å². The van der Waals surface area contributed by atoms with E-state index in [1.165, 1.54) is 13.0 Å². The van der Waals surface area contributed by atoms with Crippen molar-refractivity contribution in [3.05, 3.63) is 23.8 Å². The Kier molecular flexibility index (Phi) is 4.33. The molecule has 0 aliphatic heterocycles. The van der Waals surface area contributed by atoms with Crippen molar-refractivity contribution in [2.24, 2.45) is 17.3 Å². The van der Waals surface area contributed by atoms with Crippen LogP contribution in [0.15, 0.2) is 23.8 Å². The van der Waals surface area contributed by atoms with E-state index in [0.29, 0.717) is 17.6 Å². The Morgan fingerprint density at radius 3 is 2.50 bits per heavy atom. The number of hydrogen-bond acceptors (Lipinski definition) is 5. The van der Waals surface area contributed by atoms with Crippen LogP contribution in [0, 0.1) is 17.3 Å². The Morgan fingerprint density at radius 1 is 1.41 bits per heavy atom. The summed E-state index contributed by atoms with van der Waals surface area (Å²) in [6.07, 6.45) is -1.05. The molecule has 0 heterocycles. The van der Waals surface area contributed by atoms with Gasteiger partial charge >= 0.3 is 5.97 Å². The first-order valence-electron chi connectivity index (χ1n) is 7.51. The van der Waals surface area contributed by atoms with Gasteiger partial charge in [0.1, 0.15) is 6.10 Å². The Balaban J connectivity index is 2.43. The predicted molar refractivity (Wildman–Crippen MR) is 80.8 cm³/mol. The van der Waals surface area contributed by atoms with Crippen LogP contribution in [-0.2, 0) is 14.3 Å². The highest BCUT2D eigenvalue weighted by Gasteiger charge is 2.55. The zero-order valence-corrected chi connectivity index (χ0v) is 13.5. The molecule has 2 aliphatic rings. The molecular weight excluding hydrogens is 284 g/mol. The van der Waals surface area contributed by atoms with Crippen LogP contribution in [0.5, 0.6) is 0 Å². The number of aliphatic hydroxyl groups excluding tert-OH is 2. The Hall–Kier alpha value is -1.46. The SMILES string of the molecule is C=C1C(=O)C(OC(C)=O)C=C(C)C(O)C(O)C2C1CC2(C)C. The summed E-state index contributed by atoms with van der Waals surface area (Å²) in [5.74, 6) is -1.39. The van der Waals surface area contributed by atoms with Crippen LogP contribution in [0.4, 0.5) is 0 Å². The van der Waals surface area contributed by atoms with Crippen molar-refractivity contribution in [1.29, 1.82) is 0 Å². The fraction of sp³-hybridized carbons (Fsp3) is 0.647. The molecule has 0 aromatic rings. The molecule has 5 heteroatoms. The van der Waals surface area contributed by atoms with Gasteiger partial charge in [0.25, 0.3) is 0 Å². The Morgan fingerprint density at radius 2 is 2.00 bits per heavy atom. The number of rotatable bonds is 1. The molecule has 5 unspecified atom stereocenters. The highest BCUT2D eigenvalue weighted by molar-refractivity contribution is 6.01. The topological polar surface area (TPSA) is 83.8 Å². The number of Topliss-reactive ketones (excluding diaryl/α,β-unsaturated/α-hetero) is 1. The second-order valence-corrected chi connectivity index (χ2v) is 7.09. The lowest BCUT2D eigenvalue weighted by Crippen LogP contribution is -2.55. The summed E-state index contributed by atoms with van der Waals surface area (Å²) in [5.41, 5.74) is 0.589. The van der Waals surface area contributed by atoms with E-state index in [4.69, 9.17) is 4.74 Å². The molecule has 5 atom stereocenters. The summed E-state index contributed by atoms with van der Waals surface area (Å²) in [4.78, 5) is 23.8. The van der Waals surface area contributed by atoms with Gasteiger partial charge in [0.2, 0.25) is 5.78 Å². The molecule has 1 saturated carbocycles. The molecule has 1 fully saturated rings. The van der Waals surface area contributed by atoms with E-state index >= 15 is 0 Å². The standard InChI is InChI=1S/C17H24O5/c1-8-6-12(22-10(3)18)15(20)9(2)11-7-17(4,5)13(11)16(21)14(8)19/h6,11-14,16,19,21H,2,7H2,1,3-5H3. The minimum atomic E-state index is -1.09. The van der Waals surface area contributed by atoms with Gasteiger partial charge in [-0.1, -0.05) is 20.4 Å². The second-order valence-electron chi connectivity index (χ2n) is 7.09. The molecule has 0 aromatic heterocycles. The van der Waals surface area contributed by atoms with Crippen molar-refractivity contribution in [2.75, 3.05) is 0 Å². The fourth-order valence-electron chi connectivity index (χ4n) is 3.76. The maximum Gasteiger partial charge on any atom is 0.303 e. The zero-order valence-electron chi connectivity index (χ0n) is 13.5. The van der Waals surface area contributed by atoms with Gasteiger partial charge in [0.05, 0.1) is 6.10 Å². The third-order valence-electron chi connectivity index (χ3n) is 4.97. The summed E-state index contributed by atoms with van der Waals surface area (Å²) in [5, 5.41) is 20.9. The van der Waals surface area contributed by atoms with E-state index in [1.54, 1.807) is 6.92 Å². The molecule has 0 bridgehead atoms. The van der Waals surface area contributed by atoms with E-state index in [1.807, 2.05) is 13.8 Å². The average molecular weight is 308 g/mol. The molecule has 0 amide bonds. The molecule has 0 saturated heterocycles. The average Bonchev–Trinajstić information content (AvgIpc) is 2.41. The predicted octanol–water partition coefficient (Wildman–Crippen LogP) is 1.39. The minimum Gasteiger partial charge on any atom is -0.450 e. The monoisotopic (exact) mass is 308 g/mol. The number of ether oxygens (including phenoxy) is 1. The first-order valence-corrected chi connectivity index (χ1v) is 7.51. The van der Waals surface area contributed by atoms with Crippen molar-refractivity contribution in [1.82, 2.24) is 0 Å². The van der Waals surface area contributed by atoms with Gasteiger partial charge in [-0.15, -0.1) is 0 Å². The van der Waals surface area contributed by atoms with Crippen molar-refractivity contribution in [2.45, 2.75) is 52.4 Å². The summed E-state index contributed by atoms with van der Waals surface area (Å²) < 4.78 is 5.06. The molecule has 0 spiro atoms. The van der Waals surface area contributed by atoms with Gasteiger partial charge in [-0.3, -0.25) is 9.59 Å². The molecule has 122 valence electrons. The van der Waals surface area contributed by atoms with Crippen LogP contribution < -0.4 is 0 Å². The highest BCUT2D eigenvalue weighted by atomic mass is 16.5. The smallest absolute Gasteiger partial charge is 0.303 e. The summed E-state index contributed by atoms with van der Waals surface area (Å²) in [7, 11) is 0. The zero-order chi connectivity index (χ0) is 16.8. The van der Waals surface area contributed by atoms with E-state index in [9.17, 15) is 19.8 Å². The molecule has 0 radical (unpaired) electrons. The van der Waals surface area contributed by atoms with E-state index < -0.39 is 24.3 Å². The third kappa shape index (κ3) is 2.75. The summed E-state index contributed by atoms with van der Waals surface area (Å²) >= 11 is 0. The number of esters is 1. The number of ketones is 1. The fourth-order valence-corrected chi connectivity index (χ4v) is 3.76. The van der Waals surface area contributed by atoms with E-state index in [0.717, 1.165) is 0 Å². The first kappa shape index (κ1) is 16.9. The number of aliphatic hydroxyl groups is 2. The van der Waals surface area contributed by atoms with E-state index in [-0.39, 0.29) is 23.0 Å². The Bertz CT molecular complexity index is 545. The lowest BCUT2D eigenvalue weighted by Gasteiger charge is -2.54. The molecule has 0 aromatic carbocycles. The molecule has 2 N–H and O–H groups in total. The van der Waals surface area contributed by atoms with Crippen molar-refractivity contribution >= 4 is 11.8 Å². The largest absolute Gasteiger partial charge is 0.450 e. The lowest BCUT2D eigenvalue weighted by molar-refractivity contribution is -0.150. The molecule has 5 nitrogen and oxygen atoms in total. The maximum absolute atomic E-state index is 12.6. The van der Waals surface area contributed by atoms with Crippen LogP contribution in [0.3, 0.4) is 0 Å². The minimum absolute atomic E-state index is 0.185. The number of carbonyl (C=O) groups excluding carboxylic acids is 2. The number of carbonyl (C=O) groups is 2. The highest BCUT2D eigenvalue weighted by Crippen LogP contribution is 2.56. The number of fused-ring (bicyclic) bond motifs is 1. The summed E-state index contributed by atoms with van der Waals surface area (Å²) in [6, 6.07) is 0. The van der Waals surface area contributed by atoms with Crippen LogP contribution in [0.1, 0.15) is 34.1 Å². The summed E-state index contributed by atoms with van der Waals surface area (Å²) in [6.45, 7) is 10.7. The molecule has 2 aliphatic carbocycles.